The smallest absolute Gasteiger partial charge is 0.550 e. The summed E-state index contributed by atoms with van der Waals surface area (Å²) in [6, 6.07) is 0. The summed E-state index contributed by atoms with van der Waals surface area (Å²) < 4.78 is 0. The average molecular weight is 1670 g/mol. The number of aliphatic carboxylic acids is 6. The Labute approximate surface area is 573 Å². The van der Waals surface area contributed by atoms with Crippen molar-refractivity contribution in [3.05, 3.63) is 0 Å². The molecule has 0 fully saturated rings. The molecule has 78 heavy (non-hydrogen) atoms. The number of unbranched alkanes of at least 4 members (excludes halogenated alkanes) is 36. The van der Waals surface area contributed by atoms with Crippen molar-refractivity contribution in [2.24, 2.45) is 0 Å². The molecule has 0 unspecified atom stereocenters. The van der Waals surface area contributed by atoms with Gasteiger partial charge in [-0.25, -0.2) is 0 Å². The fraction of sp³-hybridized carbons (Fsp3) is 0.900. The summed E-state index contributed by atoms with van der Waals surface area (Å²) in [7, 11) is 0. The Morgan fingerprint density at radius 2 is 0.244 bits per heavy atom. The second kappa shape index (κ2) is 103. The van der Waals surface area contributed by atoms with Crippen LogP contribution >= 0.6 is 0 Å². The molecule has 12 nitrogen and oxygen atoms in total. The van der Waals surface area contributed by atoms with Gasteiger partial charge in [-0.05, 0) is 77.0 Å². The number of rotatable bonds is 48. The van der Waals surface area contributed by atoms with Gasteiger partial charge in [-0.15, -0.1) is 0 Å². The third-order valence-corrected chi connectivity index (χ3v) is 11.9. The summed E-state index contributed by atoms with van der Waals surface area (Å²) in [5, 5.41) is 60.1. The second-order valence-corrected chi connectivity index (χ2v) is 19.5. The molecule has 0 atom stereocenters. The molecule has 0 saturated carbocycles. The van der Waals surface area contributed by atoms with Gasteiger partial charge in [0.05, 0.1) is 0 Å². The normalized spacial score (nSPS) is 9.31. The van der Waals surface area contributed by atoms with E-state index < -0.39 is 35.8 Å². The minimum atomic E-state index is -0.913. The zero-order valence-corrected chi connectivity index (χ0v) is 58.5. The van der Waals surface area contributed by atoms with E-state index in [0.29, 0.717) is 0 Å². The first-order chi connectivity index (χ1) is 34.6. The van der Waals surface area contributed by atoms with Gasteiger partial charge in [-0.2, -0.15) is 0 Å². The number of hydrogen-bond acceptors (Lipinski definition) is 12. The second-order valence-electron chi connectivity index (χ2n) is 19.5. The van der Waals surface area contributed by atoms with Crippen LogP contribution in [0.15, 0.2) is 0 Å². The molecule has 0 aliphatic carbocycles. The Morgan fingerprint density at radius 3 is 0.321 bits per heavy atom. The summed E-state index contributed by atoms with van der Waals surface area (Å²) in [6.45, 7) is 13.1. The molecule has 0 aromatic heterocycles. The zero-order valence-electron chi connectivity index (χ0n) is 49.6. The van der Waals surface area contributed by atoms with Crippen LogP contribution in [0.5, 0.6) is 0 Å². The number of carboxylic acid groups (broad SMARTS) is 6. The SMILES string of the molecule is CCCCCCCCCC(=O)[O-].CCCCCCCCCC(=O)[O-].CCCCCCCCCC(=O)[O-].CCCCCCCCCC(=O)[O-].CCCCCCCCCC(=O)[O-].CCCCCCCCCC(=O)[O-].[Ag+].[Ag+].[Ag+].[Ag+].[Ag+].[Ag+]. The molecule has 0 saturated heterocycles. The van der Waals surface area contributed by atoms with E-state index in [1.54, 1.807) is 0 Å². The van der Waals surface area contributed by atoms with Crippen molar-refractivity contribution >= 4 is 35.8 Å². The molecule has 0 bridgehead atoms. The van der Waals surface area contributed by atoms with Gasteiger partial charge in [0.1, 0.15) is 0 Å². The number of carboxylic acids is 6. The van der Waals surface area contributed by atoms with Gasteiger partial charge in [-0.1, -0.05) is 273 Å². The van der Waals surface area contributed by atoms with Gasteiger partial charge in [-0.3, -0.25) is 0 Å². The van der Waals surface area contributed by atoms with Gasteiger partial charge in [0, 0.05) is 35.8 Å². The van der Waals surface area contributed by atoms with Gasteiger partial charge in [0.15, 0.2) is 0 Å². The van der Waals surface area contributed by atoms with E-state index in [9.17, 15) is 59.4 Å². The molecule has 492 valence electrons. The third-order valence-electron chi connectivity index (χ3n) is 11.9. The molecule has 0 N–H and O–H groups in total. The molecule has 0 aliphatic heterocycles. The van der Waals surface area contributed by atoms with E-state index in [-0.39, 0.29) is 173 Å². The molecule has 0 aliphatic rings. The van der Waals surface area contributed by atoms with E-state index in [1.807, 2.05) is 0 Å². The van der Waals surface area contributed by atoms with Gasteiger partial charge < -0.3 is 59.4 Å². The Kier molecular flexibility index (Phi) is 142. The molecule has 0 radical (unpaired) electrons. The summed E-state index contributed by atoms with van der Waals surface area (Å²) in [4.78, 5) is 60.1. The van der Waals surface area contributed by atoms with Crippen molar-refractivity contribution in [3.8, 4) is 0 Å². The Hall–Kier alpha value is 1.26. The fourth-order valence-corrected chi connectivity index (χ4v) is 7.36. The fourth-order valence-electron chi connectivity index (χ4n) is 7.36. The first-order valence-corrected chi connectivity index (χ1v) is 29.8. The van der Waals surface area contributed by atoms with E-state index in [0.717, 1.165) is 77.0 Å². The first kappa shape index (κ1) is 107. The monoisotopic (exact) mass is 1670 g/mol. The number of carbonyl (C=O) groups is 6. The van der Waals surface area contributed by atoms with Gasteiger partial charge in [0.25, 0.3) is 0 Å². The van der Waals surface area contributed by atoms with Crippen molar-refractivity contribution in [1.29, 1.82) is 0 Å². The number of carbonyl (C=O) groups excluding carboxylic acids is 6. The van der Waals surface area contributed by atoms with Crippen molar-refractivity contribution < 1.29 is 194 Å². The Balaban J connectivity index is -0.0000000660. The maximum atomic E-state index is 10.0. The average Bonchev–Trinajstić information content (AvgIpc) is 3.33. The van der Waals surface area contributed by atoms with E-state index in [1.165, 1.54) is 193 Å². The molecule has 0 aromatic rings. The summed E-state index contributed by atoms with van der Waals surface area (Å²) in [6.07, 6.45) is 50.1. The largest absolute Gasteiger partial charge is 1.00 e. The quantitative estimate of drug-likeness (QED) is 0.0408. The van der Waals surface area contributed by atoms with Crippen LogP contribution in [0.25, 0.3) is 0 Å². The van der Waals surface area contributed by atoms with E-state index >= 15 is 0 Å². The predicted molar refractivity (Wildman–Crippen MR) is 286 cm³/mol. The van der Waals surface area contributed by atoms with Crippen LogP contribution in [0, 0.1) is 0 Å². The van der Waals surface area contributed by atoms with Crippen LogP contribution in [0.3, 0.4) is 0 Å². The van der Waals surface area contributed by atoms with E-state index in [4.69, 9.17) is 0 Å². The Bertz CT molecular complexity index is 910. The van der Waals surface area contributed by atoms with Crippen LogP contribution < -0.4 is 30.6 Å². The summed E-state index contributed by atoms with van der Waals surface area (Å²) in [5.41, 5.74) is 0. The molecular weight excluding hydrogens is 1560 g/mol. The topological polar surface area (TPSA) is 241 Å². The standard InChI is InChI=1S/6C10H20O2.6Ag/c6*1-2-3-4-5-6-7-8-9-10(11)12;;;;;;/h6*2-9H2,1H3,(H,11,12);;;;;;/q;;;;;;6*+1/p-6. The van der Waals surface area contributed by atoms with Crippen molar-refractivity contribution in [3.63, 3.8) is 0 Å². The van der Waals surface area contributed by atoms with Crippen LogP contribution in [0.1, 0.15) is 350 Å². The molecule has 0 aromatic carbocycles. The number of hydrogen-bond donors (Lipinski definition) is 0. The van der Waals surface area contributed by atoms with Crippen molar-refractivity contribution in [2.75, 3.05) is 0 Å². The summed E-state index contributed by atoms with van der Waals surface area (Å²) in [5.74, 6) is -5.48. The van der Waals surface area contributed by atoms with Gasteiger partial charge in [0.2, 0.25) is 0 Å². The molecule has 0 spiro atoms. The third kappa shape index (κ3) is 147. The van der Waals surface area contributed by atoms with Crippen LogP contribution in [-0.4, -0.2) is 35.8 Å². The minimum Gasteiger partial charge on any atom is -0.550 e. The molecule has 0 amide bonds. The maximum absolute atomic E-state index is 10.0. The summed E-state index contributed by atoms with van der Waals surface area (Å²) >= 11 is 0. The van der Waals surface area contributed by atoms with Crippen LogP contribution in [0.4, 0.5) is 0 Å². The van der Waals surface area contributed by atoms with Crippen molar-refractivity contribution in [1.82, 2.24) is 0 Å². The Morgan fingerprint density at radius 1 is 0.167 bits per heavy atom. The molecule has 18 heteroatoms. The van der Waals surface area contributed by atoms with E-state index in [2.05, 4.69) is 41.5 Å². The molecular formula is C60H114Ag6O12. The van der Waals surface area contributed by atoms with Crippen LogP contribution in [0.2, 0.25) is 0 Å². The molecule has 0 heterocycles. The maximum Gasteiger partial charge on any atom is 1.00 e. The molecule has 0 rings (SSSR count). The predicted octanol–water partition coefficient (Wildman–Crippen LogP) is 11.2. The van der Waals surface area contributed by atoms with Crippen LogP contribution in [-0.2, 0) is 163 Å². The minimum absolute atomic E-state index is 0. The van der Waals surface area contributed by atoms with Crippen molar-refractivity contribution in [2.45, 2.75) is 350 Å². The van der Waals surface area contributed by atoms with Gasteiger partial charge >= 0.3 is 134 Å². The first-order valence-electron chi connectivity index (χ1n) is 29.8. The zero-order chi connectivity index (χ0) is 55.4.